The Bertz CT molecular complexity index is 480. The number of carbonyl (C=O) groups excluding carboxylic acids is 2. The Morgan fingerprint density at radius 2 is 1.94 bits per heavy atom. The number of aromatic hydroxyl groups is 1. The van der Waals surface area contributed by atoms with Crippen LogP contribution in [0.3, 0.4) is 0 Å². The van der Waals surface area contributed by atoms with E-state index in [0.717, 1.165) is 0 Å². The molecule has 4 nitrogen and oxygen atoms in total. The second-order valence-electron chi connectivity index (χ2n) is 3.60. The zero-order chi connectivity index (χ0) is 13.2. The van der Waals surface area contributed by atoms with Crippen LogP contribution in [0.1, 0.15) is 28.4 Å². The van der Waals surface area contributed by atoms with Crippen LogP contribution >= 0.6 is 11.6 Å². The SMILES string of the molecule is CCOC(=O)C(=O)c1c(C)cc(C)c(Cl)c1O. The Balaban J connectivity index is 3.28. The first kappa shape index (κ1) is 13.5. The first-order chi connectivity index (χ1) is 7.90. The van der Waals surface area contributed by atoms with E-state index in [1.807, 2.05) is 0 Å². The maximum absolute atomic E-state index is 11.7. The van der Waals surface area contributed by atoms with Gasteiger partial charge in [0.05, 0.1) is 17.2 Å². The quantitative estimate of drug-likeness (QED) is 0.512. The summed E-state index contributed by atoms with van der Waals surface area (Å²) < 4.78 is 4.60. The van der Waals surface area contributed by atoms with E-state index < -0.39 is 11.8 Å². The van der Waals surface area contributed by atoms with E-state index in [4.69, 9.17) is 11.6 Å². The summed E-state index contributed by atoms with van der Waals surface area (Å²) in [4.78, 5) is 23.1. The molecule has 0 bridgehead atoms. The third kappa shape index (κ3) is 2.58. The second kappa shape index (κ2) is 5.19. The van der Waals surface area contributed by atoms with Crippen molar-refractivity contribution in [3.8, 4) is 5.75 Å². The molecule has 0 aromatic heterocycles. The van der Waals surface area contributed by atoms with Gasteiger partial charge in [0.25, 0.3) is 5.78 Å². The van der Waals surface area contributed by atoms with Crippen molar-refractivity contribution in [2.75, 3.05) is 6.61 Å². The van der Waals surface area contributed by atoms with E-state index in [1.54, 1.807) is 26.8 Å². The van der Waals surface area contributed by atoms with Gasteiger partial charge in [0, 0.05) is 0 Å². The van der Waals surface area contributed by atoms with Crippen molar-refractivity contribution in [2.24, 2.45) is 0 Å². The molecule has 0 heterocycles. The van der Waals surface area contributed by atoms with E-state index in [1.165, 1.54) is 0 Å². The Kier molecular flexibility index (Phi) is 4.12. The smallest absolute Gasteiger partial charge is 0.379 e. The Labute approximate surface area is 104 Å². The molecule has 1 aromatic rings. The lowest BCUT2D eigenvalue weighted by Gasteiger charge is -2.10. The van der Waals surface area contributed by atoms with Gasteiger partial charge in [-0.3, -0.25) is 4.79 Å². The maximum Gasteiger partial charge on any atom is 0.379 e. The lowest BCUT2D eigenvalue weighted by molar-refractivity contribution is -0.137. The molecule has 0 radical (unpaired) electrons. The molecular formula is C12H13ClO4. The molecule has 0 aliphatic rings. The van der Waals surface area contributed by atoms with Crippen molar-refractivity contribution in [3.63, 3.8) is 0 Å². The number of benzene rings is 1. The Morgan fingerprint density at radius 3 is 2.47 bits per heavy atom. The molecule has 0 unspecified atom stereocenters. The molecule has 0 saturated heterocycles. The molecule has 0 spiro atoms. The molecule has 0 atom stereocenters. The molecule has 17 heavy (non-hydrogen) atoms. The fourth-order valence-electron chi connectivity index (χ4n) is 1.53. The van der Waals surface area contributed by atoms with Gasteiger partial charge in [-0.1, -0.05) is 17.7 Å². The average Bonchev–Trinajstić information content (AvgIpc) is 2.26. The zero-order valence-electron chi connectivity index (χ0n) is 9.83. The van der Waals surface area contributed by atoms with Gasteiger partial charge in [0.1, 0.15) is 5.75 Å². The molecule has 0 aliphatic heterocycles. The lowest BCUT2D eigenvalue weighted by Crippen LogP contribution is -2.19. The third-order valence-corrected chi connectivity index (χ3v) is 2.78. The third-order valence-electron chi connectivity index (χ3n) is 2.31. The van der Waals surface area contributed by atoms with Crippen molar-refractivity contribution >= 4 is 23.4 Å². The van der Waals surface area contributed by atoms with E-state index in [2.05, 4.69) is 4.74 Å². The number of ketones is 1. The summed E-state index contributed by atoms with van der Waals surface area (Å²) in [7, 11) is 0. The van der Waals surface area contributed by atoms with E-state index >= 15 is 0 Å². The van der Waals surface area contributed by atoms with Gasteiger partial charge < -0.3 is 9.84 Å². The first-order valence-electron chi connectivity index (χ1n) is 5.10. The molecule has 1 rings (SSSR count). The minimum Gasteiger partial charge on any atom is -0.506 e. The molecular weight excluding hydrogens is 244 g/mol. The standard InChI is InChI=1S/C12H13ClO4/c1-4-17-12(16)11(15)8-6(2)5-7(3)9(13)10(8)14/h5,14H,4H2,1-3H3. The molecule has 0 amide bonds. The lowest BCUT2D eigenvalue weighted by atomic mass is 10.0. The number of esters is 1. The average molecular weight is 257 g/mol. The molecule has 1 aromatic carbocycles. The fourth-order valence-corrected chi connectivity index (χ4v) is 1.68. The van der Waals surface area contributed by atoms with Gasteiger partial charge in [-0.25, -0.2) is 4.79 Å². The summed E-state index contributed by atoms with van der Waals surface area (Å²) in [5.74, 6) is -2.25. The van der Waals surface area contributed by atoms with Crippen molar-refractivity contribution in [1.82, 2.24) is 0 Å². The number of hydrogen-bond acceptors (Lipinski definition) is 4. The predicted octanol–water partition coefficient (Wildman–Crippen LogP) is 2.41. The minimum absolute atomic E-state index is 0.0725. The zero-order valence-corrected chi connectivity index (χ0v) is 10.6. The van der Waals surface area contributed by atoms with Crippen molar-refractivity contribution in [3.05, 3.63) is 27.8 Å². The summed E-state index contributed by atoms with van der Waals surface area (Å²) >= 11 is 5.83. The van der Waals surface area contributed by atoms with E-state index in [0.29, 0.717) is 11.1 Å². The van der Waals surface area contributed by atoms with E-state index in [9.17, 15) is 14.7 Å². The summed E-state index contributed by atoms with van der Waals surface area (Å²) in [5, 5.41) is 9.86. The molecule has 0 fully saturated rings. The highest BCUT2D eigenvalue weighted by atomic mass is 35.5. The normalized spacial score (nSPS) is 10.1. The van der Waals surface area contributed by atoms with Crippen molar-refractivity contribution < 1.29 is 19.4 Å². The summed E-state index contributed by atoms with van der Waals surface area (Å²) in [5.41, 5.74) is 1.03. The molecule has 92 valence electrons. The largest absolute Gasteiger partial charge is 0.506 e. The number of hydrogen-bond donors (Lipinski definition) is 1. The van der Waals surface area contributed by atoms with Crippen LogP contribution in [0.5, 0.6) is 5.75 Å². The Morgan fingerprint density at radius 1 is 1.35 bits per heavy atom. The van der Waals surface area contributed by atoms with Crippen LogP contribution in [0.4, 0.5) is 0 Å². The number of ether oxygens (including phenoxy) is 1. The number of halogens is 1. The van der Waals surface area contributed by atoms with Gasteiger partial charge in [0.15, 0.2) is 0 Å². The number of rotatable bonds is 3. The molecule has 0 aliphatic carbocycles. The van der Waals surface area contributed by atoms with Crippen LogP contribution in [0.25, 0.3) is 0 Å². The van der Waals surface area contributed by atoms with Crippen LogP contribution < -0.4 is 0 Å². The number of carbonyl (C=O) groups is 2. The molecule has 0 saturated carbocycles. The van der Waals surface area contributed by atoms with Crippen molar-refractivity contribution in [2.45, 2.75) is 20.8 Å². The summed E-state index contributed by atoms with van der Waals surface area (Å²) in [6.45, 7) is 5.02. The Hall–Kier alpha value is -1.55. The van der Waals surface area contributed by atoms with Crippen LogP contribution in [0.2, 0.25) is 5.02 Å². The van der Waals surface area contributed by atoms with Gasteiger partial charge in [-0.05, 0) is 31.9 Å². The van der Waals surface area contributed by atoms with Gasteiger partial charge >= 0.3 is 5.97 Å². The van der Waals surface area contributed by atoms with Gasteiger partial charge in [-0.2, -0.15) is 0 Å². The maximum atomic E-state index is 11.7. The fraction of sp³-hybridized carbons (Fsp3) is 0.333. The monoisotopic (exact) mass is 256 g/mol. The van der Waals surface area contributed by atoms with Gasteiger partial charge in [0.2, 0.25) is 0 Å². The topological polar surface area (TPSA) is 63.6 Å². The van der Waals surface area contributed by atoms with Crippen LogP contribution in [-0.4, -0.2) is 23.5 Å². The van der Waals surface area contributed by atoms with Crippen LogP contribution in [0, 0.1) is 13.8 Å². The number of phenols is 1. The summed E-state index contributed by atoms with van der Waals surface area (Å²) in [6.07, 6.45) is 0. The minimum atomic E-state index is -0.995. The van der Waals surface area contributed by atoms with Crippen molar-refractivity contribution in [1.29, 1.82) is 0 Å². The van der Waals surface area contributed by atoms with Crippen LogP contribution in [-0.2, 0) is 9.53 Å². The first-order valence-corrected chi connectivity index (χ1v) is 5.48. The van der Waals surface area contributed by atoms with Crippen LogP contribution in [0.15, 0.2) is 6.07 Å². The number of phenolic OH excluding ortho intramolecular Hbond substituents is 1. The molecule has 5 heteroatoms. The van der Waals surface area contributed by atoms with Gasteiger partial charge in [-0.15, -0.1) is 0 Å². The predicted molar refractivity (Wildman–Crippen MR) is 63.6 cm³/mol. The number of aryl methyl sites for hydroxylation is 2. The highest BCUT2D eigenvalue weighted by Gasteiger charge is 2.25. The second-order valence-corrected chi connectivity index (χ2v) is 3.98. The highest BCUT2D eigenvalue weighted by molar-refractivity contribution is 6.43. The summed E-state index contributed by atoms with van der Waals surface area (Å²) in [6, 6.07) is 1.63. The van der Waals surface area contributed by atoms with E-state index in [-0.39, 0.29) is 22.9 Å². The highest BCUT2D eigenvalue weighted by Crippen LogP contribution is 2.33. The number of Topliss-reactive ketones (excluding diaryl/α,β-unsaturated/α-hetero) is 1. The molecule has 1 N–H and O–H groups in total.